The molecule has 2 aromatic heterocycles. The van der Waals surface area contributed by atoms with Gasteiger partial charge in [-0.25, -0.2) is 17.6 Å². The third-order valence-corrected chi connectivity index (χ3v) is 7.58. The third-order valence-electron chi connectivity index (χ3n) is 7.58. The summed E-state index contributed by atoms with van der Waals surface area (Å²) in [4.78, 5) is 27.5. The number of carbonyl (C=O) groups excluding carboxylic acids is 2. The lowest BCUT2D eigenvalue weighted by atomic mass is 9.93. The average Bonchev–Trinajstić information content (AvgIpc) is 3.56. The maximum absolute atomic E-state index is 14.6. The Balaban J connectivity index is 1.61. The smallest absolute Gasteiger partial charge is 0.387 e. The number of benzene rings is 2. The molecule has 1 saturated heterocycles. The van der Waals surface area contributed by atoms with E-state index in [1.165, 1.54) is 51.9 Å². The summed E-state index contributed by atoms with van der Waals surface area (Å²) < 4.78 is 95.1. The van der Waals surface area contributed by atoms with Gasteiger partial charge in [0, 0.05) is 49.4 Å². The number of β-amino-alcohol motifs (C(OH)–C–C–N with tert-alkyl or cyclic N) is 1. The molecule has 1 aliphatic rings. The van der Waals surface area contributed by atoms with E-state index in [0.29, 0.717) is 11.1 Å². The van der Waals surface area contributed by atoms with Gasteiger partial charge in [0.1, 0.15) is 23.6 Å². The minimum atomic E-state index is -3.43. The molecule has 1 fully saturated rings. The van der Waals surface area contributed by atoms with Crippen LogP contribution in [0.3, 0.4) is 0 Å². The molecule has 0 unspecified atom stereocenters. The summed E-state index contributed by atoms with van der Waals surface area (Å²) >= 11 is 0. The van der Waals surface area contributed by atoms with Gasteiger partial charge in [-0.3, -0.25) is 19.0 Å². The molecular formula is C29H28F6N6O5. The Morgan fingerprint density at radius 3 is 2.28 bits per heavy atom. The first kappa shape index (κ1) is 32.6. The van der Waals surface area contributed by atoms with E-state index >= 15 is 0 Å². The van der Waals surface area contributed by atoms with Crippen molar-refractivity contribution in [2.24, 2.45) is 7.05 Å². The Hall–Kier alpha value is -4.80. The molecule has 11 nitrogen and oxygen atoms in total. The minimum absolute atomic E-state index is 0.0198. The number of amides is 2. The molecule has 1 aliphatic heterocycles. The number of nitrogens with zero attached hydrogens (tertiary/aromatic N) is 6. The molecule has 17 heteroatoms. The second-order valence-corrected chi connectivity index (χ2v) is 10.9. The van der Waals surface area contributed by atoms with Crippen LogP contribution in [-0.4, -0.2) is 99.2 Å². The highest BCUT2D eigenvalue weighted by atomic mass is 19.3. The highest BCUT2D eigenvalue weighted by Crippen LogP contribution is 2.43. The zero-order chi connectivity index (χ0) is 33.7. The number of alkyl halides is 6. The quantitative estimate of drug-likeness (QED) is 0.255. The van der Waals surface area contributed by atoms with E-state index in [1.54, 1.807) is 14.1 Å². The van der Waals surface area contributed by atoms with Gasteiger partial charge in [-0.05, 0) is 29.8 Å². The van der Waals surface area contributed by atoms with E-state index < -0.39 is 60.9 Å². The zero-order valence-electron chi connectivity index (χ0n) is 24.8. The summed E-state index contributed by atoms with van der Waals surface area (Å²) in [6.07, 6.45) is -3.23. The predicted octanol–water partition coefficient (Wildman–Crippen LogP) is 4.19. The summed E-state index contributed by atoms with van der Waals surface area (Å²) in [7, 11) is 5.73. The first-order chi connectivity index (χ1) is 21.6. The number of aromatic nitrogens is 4. The number of fused-ring (bicyclic) bond motifs is 1. The number of rotatable bonds is 10. The molecular weight excluding hydrogens is 626 g/mol. The summed E-state index contributed by atoms with van der Waals surface area (Å²) in [5.41, 5.74) is -2.48. The second-order valence-electron chi connectivity index (χ2n) is 10.9. The van der Waals surface area contributed by atoms with Crippen LogP contribution in [0.2, 0.25) is 0 Å². The molecule has 0 radical (unpaired) electrons. The van der Waals surface area contributed by atoms with Crippen molar-refractivity contribution in [1.82, 2.24) is 29.4 Å². The Bertz CT molecular complexity index is 1800. The summed E-state index contributed by atoms with van der Waals surface area (Å²) in [5.74, 6) is -2.27. The van der Waals surface area contributed by atoms with Gasteiger partial charge >= 0.3 is 6.61 Å². The van der Waals surface area contributed by atoms with Crippen LogP contribution in [0, 0.1) is 0 Å². The van der Waals surface area contributed by atoms with E-state index in [-0.39, 0.29) is 40.4 Å². The van der Waals surface area contributed by atoms with Gasteiger partial charge in [0.05, 0.1) is 37.6 Å². The van der Waals surface area contributed by atoms with E-state index in [1.807, 2.05) is 0 Å². The number of carbonyl (C=O) groups is 2. The van der Waals surface area contributed by atoms with Gasteiger partial charge in [-0.1, -0.05) is 0 Å². The van der Waals surface area contributed by atoms with Crippen LogP contribution < -0.4 is 9.47 Å². The van der Waals surface area contributed by atoms with Crippen LogP contribution in [0.1, 0.15) is 22.3 Å². The Morgan fingerprint density at radius 1 is 1.02 bits per heavy atom. The number of methoxy groups -OCH3 is 1. The predicted molar refractivity (Wildman–Crippen MR) is 151 cm³/mol. The van der Waals surface area contributed by atoms with Gasteiger partial charge in [-0.15, -0.1) is 0 Å². The molecule has 5 rings (SSSR count). The fraction of sp³-hybridized carbons (Fsp3) is 0.379. The molecule has 0 aliphatic carbocycles. The lowest BCUT2D eigenvalue weighted by molar-refractivity contribution is -0.166. The van der Waals surface area contributed by atoms with Crippen molar-refractivity contribution in [1.29, 1.82) is 0 Å². The van der Waals surface area contributed by atoms with Crippen LogP contribution >= 0.6 is 0 Å². The molecule has 46 heavy (non-hydrogen) atoms. The van der Waals surface area contributed by atoms with Crippen molar-refractivity contribution in [3.8, 4) is 33.9 Å². The second kappa shape index (κ2) is 12.2. The molecule has 0 spiro atoms. The molecule has 246 valence electrons. The molecule has 0 bridgehead atoms. The van der Waals surface area contributed by atoms with E-state index in [9.17, 15) is 41.0 Å². The largest absolute Gasteiger partial charge is 0.496 e. The van der Waals surface area contributed by atoms with Crippen molar-refractivity contribution in [2.45, 2.75) is 31.6 Å². The van der Waals surface area contributed by atoms with Crippen LogP contribution in [-0.2, 0) is 18.4 Å². The standard InChI is InChI=1S/C29H28F6N6O5/c1-38(2)21(42)11-41-10-16(9-36-41)14-5-17(25(30)31)22-18(6-14)37-39(3)24(22)15-7-19(45-4)23(20(8-15)46-28(34)35)26(43)40-12-29(44,13-40)27(32)33/h5-10,25,27-28,44H,11-13H2,1-4H3. The number of likely N-dealkylation sites (tertiary alicyclic amines) is 1. The molecule has 4 aromatic rings. The zero-order valence-corrected chi connectivity index (χ0v) is 24.8. The fourth-order valence-corrected chi connectivity index (χ4v) is 5.25. The van der Waals surface area contributed by atoms with Crippen molar-refractivity contribution < 1.29 is 50.5 Å². The van der Waals surface area contributed by atoms with Gasteiger partial charge in [0.15, 0.2) is 5.60 Å². The molecule has 0 atom stereocenters. The number of hydrogen-bond donors (Lipinski definition) is 1. The Labute approximate surface area is 257 Å². The Morgan fingerprint density at radius 2 is 1.70 bits per heavy atom. The van der Waals surface area contributed by atoms with E-state index in [2.05, 4.69) is 14.9 Å². The van der Waals surface area contributed by atoms with Gasteiger partial charge in [0.25, 0.3) is 18.8 Å². The molecule has 3 heterocycles. The molecule has 2 amide bonds. The van der Waals surface area contributed by atoms with Crippen molar-refractivity contribution in [3.63, 3.8) is 0 Å². The minimum Gasteiger partial charge on any atom is -0.496 e. The third kappa shape index (κ3) is 5.93. The average molecular weight is 655 g/mol. The van der Waals surface area contributed by atoms with Crippen LogP contribution in [0.5, 0.6) is 11.5 Å². The number of aryl methyl sites for hydroxylation is 1. The SMILES string of the molecule is COc1cc(-c2c3c(C(F)F)cc(-c4cnn(CC(=O)N(C)C)c4)cc3nn2C)cc(OC(F)F)c1C(=O)N1CC(O)(C(F)F)C1. The lowest BCUT2D eigenvalue weighted by Gasteiger charge is -2.45. The first-order valence-electron chi connectivity index (χ1n) is 13.6. The van der Waals surface area contributed by atoms with Crippen molar-refractivity contribution >= 4 is 22.7 Å². The number of likely N-dealkylation sites (N-methyl/N-ethyl adjacent to an activating group) is 1. The topological polar surface area (TPSA) is 115 Å². The summed E-state index contributed by atoms with van der Waals surface area (Å²) in [6, 6.07) is 5.01. The number of hydrogen-bond acceptors (Lipinski definition) is 7. The Kier molecular flexibility index (Phi) is 8.63. The molecule has 1 N–H and O–H groups in total. The number of ether oxygens (including phenoxy) is 2. The van der Waals surface area contributed by atoms with Crippen LogP contribution in [0.15, 0.2) is 36.7 Å². The molecule has 0 saturated carbocycles. The van der Waals surface area contributed by atoms with E-state index in [0.717, 1.165) is 18.1 Å². The van der Waals surface area contributed by atoms with Gasteiger partial charge in [-0.2, -0.15) is 19.0 Å². The highest BCUT2D eigenvalue weighted by molar-refractivity contribution is 6.03. The maximum Gasteiger partial charge on any atom is 0.387 e. The highest BCUT2D eigenvalue weighted by Gasteiger charge is 2.51. The van der Waals surface area contributed by atoms with Crippen LogP contribution in [0.4, 0.5) is 26.3 Å². The van der Waals surface area contributed by atoms with E-state index in [4.69, 9.17) is 4.74 Å². The van der Waals surface area contributed by atoms with Gasteiger partial charge in [0.2, 0.25) is 5.91 Å². The fourth-order valence-electron chi connectivity index (χ4n) is 5.25. The summed E-state index contributed by atoms with van der Waals surface area (Å²) in [6.45, 7) is -5.03. The summed E-state index contributed by atoms with van der Waals surface area (Å²) in [5, 5.41) is 18.4. The van der Waals surface area contributed by atoms with Crippen molar-refractivity contribution in [2.75, 3.05) is 34.3 Å². The number of halogens is 6. The van der Waals surface area contributed by atoms with Crippen LogP contribution in [0.25, 0.3) is 33.3 Å². The lowest BCUT2D eigenvalue weighted by Crippen LogP contribution is -2.67. The molecule has 2 aromatic carbocycles. The van der Waals surface area contributed by atoms with Gasteiger partial charge < -0.3 is 24.4 Å². The number of aliphatic hydroxyl groups is 1. The maximum atomic E-state index is 14.6. The monoisotopic (exact) mass is 654 g/mol. The normalized spacial score (nSPS) is 14.3. The van der Waals surface area contributed by atoms with Crippen molar-refractivity contribution in [3.05, 3.63) is 47.8 Å². The first-order valence-corrected chi connectivity index (χ1v) is 13.6.